The highest BCUT2D eigenvalue weighted by Crippen LogP contribution is 2.34. The van der Waals surface area contributed by atoms with Gasteiger partial charge in [0.15, 0.2) is 0 Å². The fraction of sp³-hybridized carbons (Fsp3) is 0.429. The first kappa shape index (κ1) is 16.2. The summed E-state index contributed by atoms with van der Waals surface area (Å²) in [7, 11) is 2.27. The molecule has 0 radical (unpaired) electrons. The normalized spacial score (nSPS) is 22.1. The smallest absolute Gasteiger partial charge is 0.0347 e. The fourth-order valence-corrected chi connectivity index (χ4v) is 3.62. The molecular formula is C21H28N2. The first-order chi connectivity index (χ1) is 11.3. The Bertz CT molecular complexity index is 567. The van der Waals surface area contributed by atoms with E-state index in [0.29, 0.717) is 6.04 Å². The number of benzene rings is 2. The van der Waals surface area contributed by atoms with Crippen LogP contribution in [0.2, 0.25) is 0 Å². The highest BCUT2D eigenvalue weighted by molar-refractivity contribution is 5.19. The van der Waals surface area contributed by atoms with Gasteiger partial charge in [0.2, 0.25) is 0 Å². The van der Waals surface area contributed by atoms with Gasteiger partial charge in [-0.25, -0.2) is 0 Å². The summed E-state index contributed by atoms with van der Waals surface area (Å²) in [6.07, 6.45) is 3.89. The Morgan fingerprint density at radius 3 is 2.43 bits per heavy atom. The monoisotopic (exact) mass is 308 g/mol. The molecule has 3 rings (SSSR count). The molecule has 2 unspecified atom stereocenters. The minimum absolute atomic E-state index is 0.587. The van der Waals surface area contributed by atoms with E-state index in [4.69, 9.17) is 0 Å². The Hall–Kier alpha value is -1.64. The number of rotatable bonds is 6. The maximum atomic E-state index is 3.60. The Labute approximate surface area is 140 Å². The summed E-state index contributed by atoms with van der Waals surface area (Å²) < 4.78 is 0. The number of nitrogens with one attached hydrogen (secondary N) is 1. The number of likely N-dealkylation sites (tertiary alicyclic amines) is 1. The van der Waals surface area contributed by atoms with E-state index in [1.54, 1.807) is 0 Å². The van der Waals surface area contributed by atoms with Crippen LogP contribution < -0.4 is 5.32 Å². The second kappa shape index (κ2) is 8.28. The quantitative estimate of drug-likeness (QED) is 0.803. The maximum absolute atomic E-state index is 3.60. The molecule has 0 spiro atoms. The van der Waals surface area contributed by atoms with E-state index < -0.39 is 0 Å². The van der Waals surface area contributed by atoms with Gasteiger partial charge in [-0.15, -0.1) is 0 Å². The van der Waals surface area contributed by atoms with Gasteiger partial charge in [-0.3, -0.25) is 4.90 Å². The Balaban J connectivity index is 1.45. The van der Waals surface area contributed by atoms with Crippen molar-refractivity contribution in [3.05, 3.63) is 71.8 Å². The van der Waals surface area contributed by atoms with Crippen molar-refractivity contribution in [2.45, 2.75) is 31.8 Å². The lowest BCUT2D eigenvalue weighted by Gasteiger charge is -2.37. The van der Waals surface area contributed by atoms with Gasteiger partial charge >= 0.3 is 0 Å². The van der Waals surface area contributed by atoms with E-state index in [9.17, 15) is 0 Å². The van der Waals surface area contributed by atoms with E-state index >= 15 is 0 Å². The first-order valence-corrected chi connectivity index (χ1v) is 8.83. The Morgan fingerprint density at radius 2 is 1.70 bits per heavy atom. The highest BCUT2D eigenvalue weighted by atomic mass is 15.1. The minimum atomic E-state index is 0.587. The molecular weight excluding hydrogens is 280 g/mol. The predicted molar refractivity (Wildman–Crippen MR) is 97.3 cm³/mol. The van der Waals surface area contributed by atoms with Gasteiger partial charge < -0.3 is 5.32 Å². The van der Waals surface area contributed by atoms with Gasteiger partial charge in [0.25, 0.3) is 0 Å². The third kappa shape index (κ3) is 4.66. The number of hydrogen-bond acceptors (Lipinski definition) is 2. The predicted octanol–water partition coefficient (Wildman–Crippen LogP) is 4.25. The molecule has 0 amide bonds. The van der Waals surface area contributed by atoms with Crippen molar-refractivity contribution < 1.29 is 0 Å². The van der Waals surface area contributed by atoms with Gasteiger partial charge in [-0.1, -0.05) is 60.7 Å². The minimum Gasteiger partial charge on any atom is -0.313 e. The van der Waals surface area contributed by atoms with Crippen LogP contribution in [0.5, 0.6) is 0 Å². The zero-order valence-electron chi connectivity index (χ0n) is 14.1. The van der Waals surface area contributed by atoms with Crippen LogP contribution in [0.4, 0.5) is 0 Å². The molecule has 2 aromatic rings. The zero-order valence-corrected chi connectivity index (χ0v) is 14.1. The summed E-state index contributed by atoms with van der Waals surface area (Å²) in [4.78, 5) is 2.52. The van der Waals surface area contributed by atoms with Crippen LogP contribution in [0, 0.1) is 5.92 Å². The summed E-state index contributed by atoms with van der Waals surface area (Å²) in [5.41, 5.74) is 2.84. The van der Waals surface area contributed by atoms with E-state index in [2.05, 4.69) is 77.9 Å². The SMILES string of the molecule is CN1CCC(CCNCc2ccccc2)CC1c1ccccc1. The topological polar surface area (TPSA) is 15.3 Å². The second-order valence-electron chi connectivity index (χ2n) is 6.75. The average Bonchev–Trinajstić information content (AvgIpc) is 2.62. The van der Waals surface area contributed by atoms with E-state index in [0.717, 1.165) is 19.0 Å². The van der Waals surface area contributed by atoms with E-state index in [1.165, 1.54) is 36.9 Å². The average molecular weight is 308 g/mol. The molecule has 23 heavy (non-hydrogen) atoms. The maximum Gasteiger partial charge on any atom is 0.0347 e. The molecule has 1 aliphatic heterocycles. The summed E-state index contributed by atoms with van der Waals surface area (Å²) in [5, 5.41) is 3.60. The van der Waals surface area contributed by atoms with Crippen molar-refractivity contribution in [1.29, 1.82) is 0 Å². The number of hydrogen-bond donors (Lipinski definition) is 1. The standard InChI is InChI=1S/C21H28N2/c1-23-15-13-18(16-21(23)20-10-6-3-7-11-20)12-14-22-17-19-8-4-2-5-9-19/h2-11,18,21-22H,12-17H2,1H3. The molecule has 2 nitrogen and oxygen atoms in total. The lowest BCUT2D eigenvalue weighted by molar-refractivity contribution is 0.137. The molecule has 1 heterocycles. The molecule has 1 saturated heterocycles. The van der Waals surface area contributed by atoms with Crippen LogP contribution in [0.1, 0.15) is 36.4 Å². The molecule has 1 aliphatic rings. The van der Waals surface area contributed by atoms with Crippen molar-refractivity contribution in [1.82, 2.24) is 10.2 Å². The van der Waals surface area contributed by atoms with Gasteiger partial charge in [0.05, 0.1) is 0 Å². The third-order valence-corrected chi connectivity index (χ3v) is 5.06. The Morgan fingerprint density at radius 1 is 1.00 bits per heavy atom. The molecule has 0 saturated carbocycles. The Kier molecular flexibility index (Phi) is 5.84. The molecule has 0 aromatic heterocycles. The lowest BCUT2D eigenvalue weighted by Crippen LogP contribution is -2.34. The molecule has 0 bridgehead atoms. The first-order valence-electron chi connectivity index (χ1n) is 8.83. The largest absolute Gasteiger partial charge is 0.313 e. The summed E-state index contributed by atoms with van der Waals surface area (Å²) >= 11 is 0. The van der Waals surface area contributed by atoms with Crippen molar-refractivity contribution >= 4 is 0 Å². The molecule has 122 valence electrons. The molecule has 1 fully saturated rings. The molecule has 0 aliphatic carbocycles. The van der Waals surface area contributed by atoms with Crippen molar-refractivity contribution in [3.63, 3.8) is 0 Å². The third-order valence-electron chi connectivity index (χ3n) is 5.06. The van der Waals surface area contributed by atoms with Crippen molar-refractivity contribution in [2.24, 2.45) is 5.92 Å². The summed E-state index contributed by atoms with van der Waals surface area (Å²) in [6.45, 7) is 3.31. The van der Waals surface area contributed by atoms with Gasteiger partial charge in [-0.05, 0) is 56.4 Å². The zero-order chi connectivity index (χ0) is 15.9. The van der Waals surface area contributed by atoms with Gasteiger partial charge in [-0.2, -0.15) is 0 Å². The van der Waals surface area contributed by atoms with Crippen LogP contribution in [0.3, 0.4) is 0 Å². The van der Waals surface area contributed by atoms with Crippen LogP contribution in [-0.4, -0.2) is 25.0 Å². The summed E-state index contributed by atoms with van der Waals surface area (Å²) in [6, 6.07) is 22.2. The van der Waals surface area contributed by atoms with Crippen LogP contribution >= 0.6 is 0 Å². The molecule has 1 N–H and O–H groups in total. The van der Waals surface area contributed by atoms with E-state index in [1.807, 2.05) is 0 Å². The van der Waals surface area contributed by atoms with Gasteiger partial charge in [0.1, 0.15) is 0 Å². The lowest BCUT2D eigenvalue weighted by atomic mass is 9.85. The molecule has 2 atom stereocenters. The van der Waals surface area contributed by atoms with Crippen LogP contribution in [-0.2, 0) is 6.54 Å². The molecule has 2 heteroatoms. The van der Waals surface area contributed by atoms with Crippen LogP contribution in [0.15, 0.2) is 60.7 Å². The van der Waals surface area contributed by atoms with E-state index in [-0.39, 0.29) is 0 Å². The summed E-state index contributed by atoms with van der Waals surface area (Å²) in [5.74, 6) is 0.833. The fourth-order valence-electron chi connectivity index (χ4n) is 3.62. The molecule has 2 aromatic carbocycles. The van der Waals surface area contributed by atoms with Crippen molar-refractivity contribution in [2.75, 3.05) is 20.1 Å². The second-order valence-corrected chi connectivity index (χ2v) is 6.75. The van der Waals surface area contributed by atoms with Crippen LogP contribution in [0.25, 0.3) is 0 Å². The van der Waals surface area contributed by atoms with Crippen molar-refractivity contribution in [3.8, 4) is 0 Å². The number of nitrogens with zero attached hydrogens (tertiary/aromatic N) is 1. The number of piperidine rings is 1. The van der Waals surface area contributed by atoms with Gasteiger partial charge in [0, 0.05) is 12.6 Å². The highest BCUT2D eigenvalue weighted by Gasteiger charge is 2.26.